The van der Waals surface area contributed by atoms with E-state index in [0.29, 0.717) is 12.5 Å². The summed E-state index contributed by atoms with van der Waals surface area (Å²) in [6.45, 7) is 1.80. The number of furan rings is 1. The van der Waals surface area contributed by atoms with Gasteiger partial charge in [0.25, 0.3) is 0 Å². The van der Waals surface area contributed by atoms with E-state index in [2.05, 4.69) is 5.32 Å². The van der Waals surface area contributed by atoms with Crippen LogP contribution in [0.15, 0.2) is 16.5 Å². The van der Waals surface area contributed by atoms with E-state index in [1.54, 1.807) is 0 Å². The number of amides is 1. The Kier molecular flexibility index (Phi) is 4.32. The average molecular weight is 305 g/mol. The summed E-state index contributed by atoms with van der Waals surface area (Å²) in [5.74, 6) is -0.698. The van der Waals surface area contributed by atoms with E-state index >= 15 is 0 Å². The summed E-state index contributed by atoms with van der Waals surface area (Å²) >= 11 is 0. The third kappa shape index (κ3) is 3.78. The third-order valence-corrected chi connectivity index (χ3v) is 3.61. The van der Waals surface area contributed by atoms with Crippen LogP contribution in [0.3, 0.4) is 0 Å². The standard InChI is InChI=1S/C14H18F3NO3/c1-9-2-5-11(21-9)13(20,14(15,16)17)8-12(19)18-7-6-10-3-4-10/h2,5,10,20H,3-4,6-8H2,1H3,(H,18,19). The van der Waals surface area contributed by atoms with Gasteiger partial charge in [0, 0.05) is 6.54 Å². The molecule has 21 heavy (non-hydrogen) atoms. The number of rotatable bonds is 6. The summed E-state index contributed by atoms with van der Waals surface area (Å²) in [7, 11) is 0. The molecular formula is C14H18F3NO3. The van der Waals surface area contributed by atoms with E-state index in [4.69, 9.17) is 4.42 Å². The predicted octanol–water partition coefficient (Wildman–Crippen LogP) is 2.64. The van der Waals surface area contributed by atoms with Gasteiger partial charge in [-0.25, -0.2) is 0 Å². The Morgan fingerprint density at radius 2 is 2.10 bits per heavy atom. The van der Waals surface area contributed by atoms with Crippen LogP contribution in [0.2, 0.25) is 0 Å². The maximum absolute atomic E-state index is 13.1. The van der Waals surface area contributed by atoms with Crippen molar-refractivity contribution in [3.63, 3.8) is 0 Å². The fraction of sp³-hybridized carbons (Fsp3) is 0.643. The average Bonchev–Trinajstić information content (AvgIpc) is 3.07. The zero-order valence-corrected chi connectivity index (χ0v) is 11.7. The number of carbonyl (C=O) groups is 1. The largest absolute Gasteiger partial charge is 0.463 e. The van der Waals surface area contributed by atoms with Crippen LogP contribution < -0.4 is 5.32 Å². The summed E-state index contributed by atoms with van der Waals surface area (Å²) in [6.07, 6.45) is -3.13. The Morgan fingerprint density at radius 3 is 2.57 bits per heavy atom. The van der Waals surface area contributed by atoms with E-state index in [9.17, 15) is 23.1 Å². The lowest BCUT2D eigenvalue weighted by Crippen LogP contribution is -2.46. The van der Waals surface area contributed by atoms with Crippen molar-refractivity contribution in [2.24, 2.45) is 5.92 Å². The predicted molar refractivity (Wildman–Crippen MR) is 68.4 cm³/mol. The molecule has 0 spiro atoms. The van der Waals surface area contributed by atoms with Gasteiger partial charge in [-0.15, -0.1) is 0 Å². The Balaban J connectivity index is 2.03. The minimum atomic E-state index is -4.99. The Hall–Kier alpha value is -1.50. The van der Waals surface area contributed by atoms with E-state index < -0.39 is 29.9 Å². The molecular weight excluding hydrogens is 287 g/mol. The number of nitrogens with one attached hydrogen (secondary N) is 1. The molecule has 1 aliphatic carbocycles. The van der Waals surface area contributed by atoms with E-state index in [1.165, 1.54) is 13.0 Å². The fourth-order valence-corrected chi connectivity index (χ4v) is 2.10. The first-order chi connectivity index (χ1) is 9.72. The number of hydrogen-bond donors (Lipinski definition) is 2. The molecule has 4 nitrogen and oxygen atoms in total. The van der Waals surface area contributed by atoms with Crippen LogP contribution in [0.4, 0.5) is 13.2 Å². The van der Waals surface area contributed by atoms with Crippen LogP contribution in [-0.2, 0) is 10.4 Å². The van der Waals surface area contributed by atoms with Gasteiger partial charge < -0.3 is 14.8 Å². The van der Waals surface area contributed by atoms with E-state index in [1.807, 2.05) is 0 Å². The monoisotopic (exact) mass is 305 g/mol. The number of carbonyl (C=O) groups excluding carboxylic acids is 1. The van der Waals surface area contributed by atoms with Crippen LogP contribution in [0.5, 0.6) is 0 Å². The SMILES string of the molecule is Cc1ccc(C(O)(CC(=O)NCCC2CC2)C(F)(F)F)o1. The third-order valence-electron chi connectivity index (χ3n) is 3.61. The molecule has 1 heterocycles. The van der Waals surface area contributed by atoms with Gasteiger partial charge in [0.05, 0.1) is 6.42 Å². The van der Waals surface area contributed by atoms with Crippen molar-refractivity contribution in [1.82, 2.24) is 5.32 Å². The molecule has 7 heteroatoms. The minimum Gasteiger partial charge on any atom is -0.463 e. The normalized spacial score (nSPS) is 18.3. The highest BCUT2D eigenvalue weighted by molar-refractivity contribution is 5.77. The molecule has 2 N–H and O–H groups in total. The molecule has 1 aromatic rings. The number of halogens is 3. The van der Waals surface area contributed by atoms with Crippen molar-refractivity contribution in [1.29, 1.82) is 0 Å². The second kappa shape index (κ2) is 5.71. The molecule has 0 aromatic carbocycles. The molecule has 0 bridgehead atoms. The van der Waals surface area contributed by atoms with E-state index in [-0.39, 0.29) is 5.76 Å². The van der Waals surface area contributed by atoms with Crippen LogP contribution in [0, 0.1) is 12.8 Å². The van der Waals surface area contributed by atoms with Gasteiger partial charge in [-0.05, 0) is 31.4 Å². The molecule has 0 radical (unpaired) electrons. The fourth-order valence-electron chi connectivity index (χ4n) is 2.10. The number of alkyl halides is 3. The summed E-state index contributed by atoms with van der Waals surface area (Å²) in [5, 5.41) is 12.4. The lowest BCUT2D eigenvalue weighted by atomic mass is 9.95. The molecule has 1 aromatic heterocycles. The van der Waals surface area contributed by atoms with Crippen molar-refractivity contribution in [3.05, 3.63) is 23.7 Å². The molecule has 1 fully saturated rings. The zero-order chi connectivity index (χ0) is 15.7. The van der Waals surface area contributed by atoms with Crippen LogP contribution in [-0.4, -0.2) is 23.7 Å². The van der Waals surface area contributed by atoms with Crippen molar-refractivity contribution in [3.8, 4) is 0 Å². The lowest BCUT2D eigenvalue weighted by molar-refractivity contribution is -0.273. The van der Waals surface area contributed by atoms with Gasteiger partial charge in [0.15, 0.2) is 0 Å². The lowest BCUT2D eigenvalue weighted by Gasteiger charge is -2.28. The van der Waals surface area contributed by atoms with Gasteiger partial charge in [-0.2, -0.15) is 13.2 Å². The molecule has 2 rings (SSSR count). The highest BCUT2D eigenvalue weighted by Gasteiger charge is 2.58. The quantitative estimate of drug-likeness (QED) is 0.849. The summed E-state index contributed by atoms with van der Waals surface area (Å²) < 4.78 is 44.3. The smallest absolute Gasteiger partial charge is 0.425 e. The van der Waals surface area contributed by atoms with Crippen molar-refractivity contribution in [2.75, 3.05) is 6.54 Å². The van der Waals surface area contributed by atoms with E-state index in [0.717, 1.165) is 25.3 Å². The first-order valence-corrected chi connectivity index (χ1v) is 6.85. The van der Waals surface area contributed by atoms with Gasteiger partial charge >= 0.3 is 6.18 Å². The number of aryl methyl sites for hydroxylation is 1. The highest BCUT2D eigenvalue weighted by Crippen LogP contribution is 2.42. The second-order valence-corrected chi connectivity index (χ2v) is 5.53. The Morgan fingerprint density at radius 1 is 1.43 bits per heavy atom. The van der Waals surface area contributed by atoms with Gasteiger partial charge in [0.1, 0.15) is 11.5 Å². The molecule has 0 aliphatic heterocycles. The molecule has 1 atom stereocenters. The molecule has 1 amide bonds. The Bertz CT molecular complexity index is 508. The topological polar surface area (TPSA) is 62.5 Å². The van der Waals surface area contributed by atoms with Crippen LogP contribution >= 0.6 is 0 Å². The molecule has 1 unspecified atom stereocenters. The van der Waals surface area contributed by atoms with Crippen molar-refractivity contribution >= 4 is 5.91 Å². The molecule has 0 saturated heterocycles. The number of hydrogen-bond acceptors (Lipinski definition) is 3. The zero-order valence-electron chi connectivity index (χ0n) is 11.7. The summed E-state index contributed by atoms with van der Waals surface area (Å²) in [6, 6.07) is 2.36. The highest BCUT2D eigenvalue weighted by atomic mass is 19.4. The molecule has 118 valence electrons. The van der Waals surface area contributed by atoms with Crippen LogP contribution in [0.1, 0.15) is 37.2 Å². The van der Waals surface area contributed by atoms with Crippen LogP contribution in [0.25, 0.3) is 0 Å². The first-order valence-electron chi connectivity index (χ1n) is 6.85. The van der Waals surface area contributed by atoms with Gasteiger partial charge in [-0.1, -0.05) is 12.8 Å². The maximum atomic E-state index is 13.1. The van der Waals surface area contributed by atoms with Crippen molar-refractivity contribution in [2.45, 2.75) is 44.4 Å². The summed E-state index contributed by atoms with van der Waals surface area (Å²) in [4.78, 5) is 11.7. The maximum Gasteiger partial charge on any atom is 0.425 e. The first kappa shape index (κ1) is 15.9. The minimum absolute atomic E-state index is 0.238. The Labute approximate surface area is 120 Å². The van der Waals surface area contributed by atoms with Gasteiger partial charge in [0.2, 0.25) is 11.5 Å². The molecule has 1 aliphatic rings. The van der Waals surface area contributed by atoms with Gasteiger partial charge in [-0.3, -0.25) is 4.79 Å². The second-order valence-electron chi connectivity index (χ2n) is 5.53. The van der Waals surface area contributed by atoms with Crippen molar-refractivity contribution < 1.29 is 27.5 Å². The molecule has 1 saturated carbocycles. The summed E-state index contributed by atoms with van der Waals surface area (Å²) in [5.41, 5.74) is -3.30. The number of aliphatic hydroxyl groups is 1.